The smallest absolute Gasteiger partial charge is 0.267 e. The van der Waals surface area contributed by atoms with Crippen LogP contribution in [-0.2, 0) is 24.7 Å². The van der Waals surface area contributed by atoms with Gasteiger partial charge in [-0.05, 0) is 24.1 Å². The standard InChI is InChI=1S/C18H21N3O2S2/c1-4-12-5-7-13(8-6-12)19-15(22)10-24-18-20-14-9-11(2)25-16(14)17(23)21(18)3/h5-8,11H,4,9-10H2,1-3H3,(H,19,22)/t11-/m1/s1. The summed E-state index contributed by atoms with van der Waals surface area (Å²) in [5.74, 6) is 0.115. The molecule has 1 atom stereocenters. The zero-order chi connectivity index (χ0) is 18.0. The van der Waals surface area contributed by atoms with Gasteiger partial charge >= 0.3 is 0 Å². The quantitative estimate of drug-likeness (QED) is 0.643. The number of benzene rings is 1. The molecule has 0 bridgehead atoms. The van der Waals surface area contributed by atoms with Gasteiger partial charge < -0.3 is 5.32 Å². The van der Waals surface area contributed by atoms with Gasteiger partial charge in [0.1, 0.15) is 0 Å². The molecule has 2 heterocycles. The van der Waals surface area contributed by atoms with Gasteiger partial charge in [-0.2, -0.15) is 0 Å². The molecule has 0 saturated carbocycles. The van der Waals surface area contributed by atoms with E-state index in [1.807, 2.05) is 24.3 Å². The van der Waals surface area contributed by atoms with Crippen LogP contribution in [0.4, 0.5) is 5.69 Å². The summed E-state index contributed by atoms with van der Waals surface area (Å²) < 4.78 is 1.54. The van der Waals surface area contributed by atoms with Crippen molar-refractivity contribution in [2.24, 2.45) is 7.05 Å². The van der Waals surface area contributed by atoms with Crippen LogP contribution in [0.2, 0.25) is 0 Å². The first-order valence-electron chi connectivity index (χ1n) is 8.26. The van der Waals surface area contributed by atoms with Gasteiger partial charge in [-0.15, -0.1) is 11.8 Å². The average molecular weight is 376 g/mol. The molecule has 0 unspecified atom stereocenters. The van der Waals surface area contributed by atoms with Gasteiger partial charge in [-0.1, -0.05) is 37.7 Å². The van der Waals surface area contributed by atoms with E-state index in [9.17, 15) is 9.59 Å². The predicted molar refractivity (Wildman–Crippen MR) is 104 cm³/mol. The highest BCUT2D eigenvalue weighted by Gasteiger charge is 2.25. The lowest BCUT2D eigenvalue weighted by atomic mass is 10.1. The largest absolute Gasteiger partial charge is 0.325 e. The number of nitrogens with one attached hydrogen (secondary N) is 1. The minimum atomic E-state index is -0.105. The van der Waals surface area contributed by atoms with Crippen molar-refractivity contribution < 1.29 is 4.79 Å². The molecule has 1 aliphatic heterocycles. The number of nitrogens with zero attached hydrogens (tertiary/aromatic N) is 2. The maximum Gasteiger partial charge on any atom is 0.267 e. The number of hydrogen-bond donors (Lipinski definition) is 1. The van der Waals surface area contributed by atoms with E-state index in [1.165, 1.54) is 21.9 Å². The molecule has 1 amide bonds. The number of carbonyl (C=O) groups excluding carboxylic acids is 1. The highest BCUT2D eigenvalue weighted by Crippen LogP contribution is 2.33. The number of fused-ring (bicyclic) bond motifs is 1. The van der Waals surface area contributed by atoms with E-state index in [1.54, 1.807) is 18.8 Å². The minimum Gasteiger partial charge on any atom is -0.325 e. The molecule has 1 N–H and O–H groups in total. The second-order valence-corrected chi connectivity index (χ2v) is 8.45. The van der Waals surface area contributed by atoms with Crippen LogP contribution >= 0.6 is 23.5 Å². The van der Waals surface area contributed by atoms with E-state index in [4.69, 9.17) is 0 Å². The Balaban J connectivity index is 1.65. The van der Waals surface area contributed by atoms with Crippen molar-refractivity contribution in [1.82, 2.24) is 9.55 Å². The number of aryl methyl sites for hydroxylation is 1. The Kier molecular flexibility index (Phi) is 5.54. The molecular weight excluding hydrogens is 354 g/mol. The first-order chi connectivity index (χ1) is 12.0. The van der Waals surface area contributed by atoms with Gasteiger partial charge in [-0.25, -0.2) is 4.98 Å². The lowest BCUT2D eigenvalue weighted by Gasteiger charge is -2.09. The van der Waals surface area contributed by atoms with E-state index < -0.39 is 0 Å². The number of hydrogen-bond acceptors (Lipinski definition) is 5. The van der Waals surface area contributed by atoms with Gasteiger partial charge in [0, 0.05) is 24.4 Å². The Morgan fingerprint density at radius 1 is 1.40 bits per heavy atom. The van der Waals surface area contributed by atoms with E-state index >= 15 is 0 Å². The molecule has 0 saturated heterocycles. The summed E-state index contributed by atoms with van der Waals surface area (Å²) in [6.07, 6.45) is 1.78. The third kappa shape index (κ3) is 4.10. The number of thioether (sulfide) groups is 2. The highest BCUT2D eigenvalue weighted by atomic mass is 32.2. The molecule has 1 aromatic carbocycles. The van der Waals surface area contributed by atoms with E-state index in [0.29, 0.717) is 10.4 Å². The summed E-state index contributed by atoms with van der Waals surface area (Å²) in [7, 11) is 1.71. The molecule has 3 rings (SSSR count). The van der Waals surface area contributed by atoms with Crippen LogP contribution in [0.25, 0.3) is 0 Å². The zero-order valence-corrected chi connectivity index (χ0v) is 16.2. The molecule has 0 fully saturated rings. The fourth-order valence-electron chi connectivity index (χ4n) is 2.66. The third-order valence-corrected chi connectivity index (χ3v) is 6.30. The fourth-order valence-corrected chi connectivity index (χ4v) is 4.59. The molecule has 0 aliphatic carbocycles. The second-order valence-electron chi connectivity index (χ2n) is 6.05. The maximum absolute atomic E-state index is 12.4. The van der Waals surface area contributed by atoms with Crippen molar-refractivity contribution >= 4 is 35.1 Å². The van der Waals surface area contributed by atoms with E-state index in [2.05, 4.69) is 24.1 Å². The van der Waals surface area contributed by atoms with Crippen molar-refractivity contribution in [3.8, 4) is 0 Å². The van der Waals surface area contributed by atoms with Crippen LogP contribution in [0.15, 0.2) is 39.1 Å². The predicted octanol–water partition coefficient (Wildman–Crippen LogP) is 3.11. The number of aromatic nitrogens is 2. The van der Waals surface area contributed by atoms with Crippen LogP contribution in [0, 0.1) is 0 Å². The van der Waals surface area contributed by atoms with E-state index in [-0.39, 0.29) is 17.2 Å². The molecular formula is C18H21N3O2S2. The van der Waals surface area contributed by atoms with Crippen molar-refractivity contribution in [1.29, 1.82) is 0 Å². The lowest BCUT2D eigenvalue weighted by Crippen LogP contribution is -2.23. The fraction of sp³-hybridized carbons (Fsp3) is 0.389. The molecule has 132 valence electrons. The summed E-state index contributed by atoms with van der Waals surface area (Å²) in [5, 5.41) is 3.85. The van der Waals surface area contributed by atoms with Crippen LogP contribution in [0.3, 0.4) is 0 Å². The zero-order valence-electron chi connectivity index (χ0n) is 14.5. The summed E-state index contributed by atoms with van der Waals surface area (Å²) in [6.45, 7) is 4.19. The number of carbonyl (C=O) groups is 1. The van der Waals surface area contributed by atoms with Crippen molar-refractivity contribution in [2.75, 3.05) is 11.1 Å². The Bertz CT molecular complexity index is 847. The summed E-state index contributed by atoms with van der Waals surface area (Å²) >= 11 is 2.88. The van der Waals surface area contributed by atoms with Crippen molar-refractivity contribution in [2.45, 2.75) is 42.0 Å². The Morgan fingerprint density at radius 3 is 2.80 bits per heavy atom. The van der Waals surface area contributed by atoms with Gasteiger partial charge in [0.2, 0.25) is 5.91 Å². The van der Waals surface area contributed by atoms with Crippen LogP contribution in [-0.4, -0.2) is 26.5 Å². The SMILES string of the molecule is CCc1ccc(NC(=O)CSc2nc3c(c(=O)n2C)S[C@H](C)C3)cc1. The number of amides is 1. The molecule has 25 heavy (non-hydrogen) atoms. The second kappa shape index (κ2) is 7.66. The summed E-state index contributed by atoms with van der Waals surface area (Å²) in [4.78, 5) is 29.9. The average Bonchev–Trinajstić information content (AvgIpc) is 2.98. The topological polar surface area (TPSA) is 64.0 Å². The van der Waals surface area contributed by atoms with E-state index in [0.717, 1.165) is 29.1 Å². The van der Waals surface area contributed by atoms with Crippen LogP contribution < -0.4 is 10.9 Å². The maximum atomic E-state index is 12.4. The Labute approximate surface area is 155 Å². The molecule has 0 spiro atoms. The van der Waals surface area contributed by atoms with Crippen LogP contribution in [0.5, 0.6) is 0 Å². The summed E-state index contributed by atoms with van der Waals surface area (Å²) in [5.41, 5.74) is 2.86. The molecule has 7 heteroatoms. The first kappa shape index (κ1) is 18.1. The molecule has 1 aromatic heterocycles. The Morgan fingerprint density at radius 2 is 2.12 bits per heavy atom. The lowest BCUT2D eigenvalue weighted by molar-refractivity contribution is -0.113. The monoisotopic (exact) mass is 375 g/mol. The first-order valence-corrected chi connectivity index (χ1v) is 10.1. The van der Waals surface area contributed by atoms with Crippen molar-refractivity contribution in [3.05, 3.63) is 45.9 Å². The number of rotatable bonds is 5. The third-order valence-electron chi connectivity index (χ3n) is 4.06. The normalized spacial score (nSPS) is 15.9. The van der Waals surface area contributed by atoms with Gasteiger partial charge in [-0.3, -0.25) is 14.2 Å². The molecule has 0 radical (unpaired) electrons. The minimum absolute atomic E-state index is 0.0163. The summed E-state index contributed by atoms with van der Waals surface area (Å²) in [6, 6.07) is 7.83. The molecule has 2 aromatic rings. The van der Waals surface area contributed by atoms with Crippen molar-refractivity contribution in [3.63, 3.8) is 0 Å². The van der Waals surface area contributed by atoms with Gasteiger partial charge in [0.05, 0.1) is 16.3 Å². The van der Waals surface area contributed by atoms with Crippen LogP contribution in [0.1, 0.15) is 25.1 Å². The molecule has 1 aliphatic rings. The number of anilines is 1. The highest BCUT2D eigenvalue weighted by molar-refractivity contribution is 8.00. The van der Waals surface area contributed by atoms with Gasteiger partial charge in [0.25, 0.3) is 5.56 Å². The molecule has 5 nitrogen and oxygen atoms in total. The van der Waals surface area contributed by atoms with Gasteiger partial charge in [0.15, 0.2) is 5.16 Å². The Hall–Kier alpha value is -1.73.